The second-order valence-electron chi connectivity index (χ2n) is 15.7. The minimum absolute atomic E-state index is 0.0388. The fourth-order valence-electron chi connectivity index (χ4n) is 9.65. The first-order valence-electron chi connectivity index (χ1n) is 18.5. The summed E-state index contributed by atoms with van der Waals surface area (Å²) in [4.78, 5) is 45.8. The summed E-state index contributed by atoms with van der Waals surface area (Å²) in [6.45, 7) is 5.75. The molecule has 0 radical (unpaired) electrons. The Kier molecular flexibility index (Phi) is 8.15. The highest BCUT2D eigenvalue weighted by Gasteiger charge is 2.54. The smallest absolute Gasteiger partial charge is 0.319 e. The van der Waals surface area contributed by atoms with Gasteiger partial charge in [-0.1, -0.05) is 25.8 Å². The molecule has 280 valence electrons. The molecular weight excluding hydrogens is 701 g/mol. The van der Waals surface area contributed by atoms with Crippen LogP contribution in [0.2, 0.25) is 0 Å². The van der Waals surface area contributed by atoms with Crippen molar-refractivity contribution >= 4 is 39.4 Å². The van der Waals surface area contributed by atoms with Gasteiger partial charge < -0.3 is 24.4 Å². The van der Waals surface area contributed by atoms with Gasteiger partial charge in [0.05, 0.1) is 16.5 Å². The summed E-state index contributed by atoms with van der Waals surface area (Å²) in [5.41, 5.74) is -0.847. The Labute approximate surface area is 309 Å². The highest BCUT2D eigenvalue weighted by Crippen LogP contribution is 2.43. The fraction of sp³-hybridized carbons (Fsp3) is 0.475. The van der Waals surface area contributed by atoms with E-state index in [-0.39, 0.29) is 81.4 Å². The summed E-state index contributed by atoms with van der Waals surface area (Å²) >= 11 is 0. The fourth-order valence-corrected chi connectivity index (χ4v) is 9.65. The lowest BCUT2D eigenvalue weighted by atomic mass is 9.85. The maximum Gasteiger partial charge on any atom is 0.319 e. The molecule has 1 N–H and O–H groups in total. The number of cyclic esters (lactones) is 1. The van der Waals surface area contributed by atoms with E-state index in [4.69, 9.17) is 20.9 Å². The summed E-state index contributed by atoms with van der Waals surface area (Å²) in [7, 11) is 0. The number of aromatic hydroxyl groups is 1. The number of aromatic nitrogens is 3. The Morgan fingerprint density at radius 2 is 1.94 bits per heavy atom. The van der Waals surface area contributed by atoms with Gasteiger partial charge in [0.1, 0.15) is 47.3 Å². The van der Waals surface area contributed by atoms with Crippen LogP contribution in [-0.2, 0) is 14.3 Å². The van der Waals surface area contributed by atoms with Gasteiger partial charge in [0, 0.05) is 55.3 Å². The molecular formula is C40H39F3N6O5. The van der Waals surface area contributed by atoms with E-state index < -0.39 is 35.4 Å². The summed E-state index contributed by atoms with van der Waals surface area (Å²) in [5, 5.41) is 11.5. The van der Waals surface area contributed by atoms with Crippen molar-refractivity contribution in [2.24, 2.45) is 11.8 Å². The zero-order valence-electron chi connectivity index (χ0n) is 29.9. The van der Waals surface area contributed by atoms with Crippen LogP contribution in [-0.4, -0.2) is 104 Å². The van der Waals surface area contributed by atoms with Crippen molar-refractivity contribution < 1.29 is 37.3 Å². The number of hydrogen-bond acceptors (Lipinski definition) is 10. The number of carbonyl (C=O) groups excluding carboxylic acids is 2. The molecule has 1 amide bonds. The van der Waals surface area contributed by atoms with Gasteiger partial charge in [0.15, 0.2) is 11.9 Å². The lowest BCUT2D eigenvalue weighted by Gasteiger charge is -2.45. The Hall–Kier alpha value is -5.16. The molecule has 5 saturated heterocycles. The molecule has 5 aliphatic heterocycles. The Morgan fingerprint density at radius 3 is 2.67 bits per heavy atom. The molecule has 2 aromatic heterocycles. The molecule has 2 aromatic carbocycles. The number of terminal acetylenes is 1. The molecule has 0 spiro atoms. The Balaban J connectivity index is 1.12. The monoisotopic (exact) mass is 740 g/mol. The lowest BCUT2D eigenvalue weighted by Crippen LogP contribution is -2.63. The number of hydrogen-bond donors (Lipinski definition) is 1. The predicted octanol–water partition coefficient (Wildman–Crippen LogP) is 5.14. The van der Waals surface area contributed by atoms with E-state index in [2.05, 4.69) is 20.8 Å². The average molecular weight is 741 g/mol. The molecule has 5 aliphatic rings. The van der Waals surface area contributed by atoms with Gasteiger partial charge in [-0.15, -0.1) is 6.42 Å². The molecule has 6 atom stereocenters. The van der Waals surface area contributed by atoms with Crippen molar-refractivity contribution in [3.8, 4) is 35.4 Å². The first-order chi connectivity index (χ1) is 26.0. The molecule has 54 heavy (non-hydrogen) atoms. The van der Waals surface area contributed by atoms with Gasteiger partial charge in [-0.05, 0) is 61.7 Å². The number of benzene rings is 2. The third kappa shape index (κ3) is 5.33. The highest BCUT2D eigenvalue weighted by molar-refractivity contribution is 6.03. The zero-order chi connectivity index (χ0) is 37.6. The number of nitrogens with zero attached hydrogens (tertiary/aromatic N) is 6. The standard InChI is InChI=1S/C40H39F3N6O5/c1-4-26-29(42)9-6-21-12-25(50)13-27(31(21)26)33-32(43)34-28(15-44-33)36(46-39(45-34)53-19-40-10-5-11-48(40)16-22(41)14-40)47-17-23-7-8-24(18-47)49(23)37(51)35-30(20(2)3)38(52)54-35/h1,6,9,12-13,15,20,22-24,30,35,50H,5,7-8,10-11,14,16-19H2,2-3H3/t22-,23-,24+,30+,35+,40+/m1/s1. The van der Waals surface area contributed by atoms with Crippen LogP contribution in [0.4, 0.5) is 19.0 Å². The molecule has 0 unspecified atom stereocenters. The molecule has 14 heteroatoms. The van der Waals surface area contributed by atoms with E-state index >= 15 is 4.39 Å². The van der Waals surface area contributed by atoms with Crippen LogP contribution in [0, 0.1) is 35.8 Å². The summed E-state index contributed by atoms with van der Waals surface area (Å²) in [6, 6.07) is 4.83. The number of fused-ring (bicyclic) bond motifs is 5. The van der Waals surface area contributed by atoms with E-state index in [1.807, 2.05) is 23.6 Å². The number of phenolic OH excluding ortho intramolecular Hbond substituents is 1. The molecule has 0 aliphatic carbocycles. The number of amides is 1. The Morgan fingerprint density at radius 1 is 1.17 bits per heavy atom. The zero-order valence-corrected chi connectivity index (χ0v) is 29.9. The number of halogens is 3. The predicted molar refractivity (Wildman–Crippen MR) is 192 cm³/mol. The van der Waals surface area contributed by atoms with Crippen molar-refractivity contribution in [3.05, 3.63) is 47.7 Å². The first-order valence-corrected chi connectivity index (χ1v) is 18.5. The molecule has 0 saturated carbocycles. The van der Waals surface area contributed by atoms with Crippen molar-refractivity contribution in [2.75, 3.05) is 37.7 Å². The lowest BCUT2D eigenvalue weighted by molar-refractivity contribution is -0.197. The molecule has 9 rings (SSSR count). The average Bonchev–Trinajstić information content (AvgIpc) is 3.75. The number of anilines is 1. The number of piperazine rings is 1. The number of phenols is 1. The summed E-state index contributed by atoms with van der Waals surface area (Å²) < 4.78 is 58.3. The second-order valence-corrected chi connectivity index (χ2v) is 15.7. The van der Waals surface area contributed by atoms with E-state index in [9.17, 15) is 23.5 Å². The van der Waals surface area contributed by atoms with Gasteiger partial charge in [-0.25, -0.2) is 13.2 Å². The third-order valence-electron chi connectivity index (χ3n) is 12.2. The van der Waals surface area contributed by atoms with Crippen LogP contribution in [0.15, 0.2) is 30.5 Å². The van der Waals surface area contributed by atoms with Gasteiger partial charge in [0.25, 0.3) is 5.91 Å². The highest BCUT2D eigenvalue weighted by atomic mass is 19.1. The minimum atomic E-state index is -0.975. The maximum absolute atomic E-state index is 17.1. The third-order valence-corrected chi connectivity index (χ3v) is 12.2. The maximum atomic E-state index is 17.1. The topological polar surface area (TPSA) is 121 Å². The van der Waals surface area contributed by atoms with Crippen LogP contribution in [0.3, 0.4) is 0 Å². The number of rotatable bonds is 7. The summed E-state index contributed by atoms with van der Waals surface area (Å²) in [6.07, 6.45) is 8.80. The van der Waals surface area contributed by atoms with Crippen LogP contribution in [0.25, 0.3) is 32.9 Å². The first kappa shape index (κ1) is 34.6. The summed E-state index contributed by atoms with van der Waals surface area (Å²) in [5.74, 6) is -0.0805. The van der Waals surface area contributed by atoms with Crippen molar-refractivity contribution in [1.82, 2.24) is 24.8 Å². The van der Waals surface area contributed by atoms with Gasteiger partial charge in [-0.3, -0.25) is 19.5 Å². The number of ether oxygens (including phenoxy) is 2. The number of pyridine rings is 1. The van der Waals surface area contributed by atoms with Crippen molar-refractivity contribution in [2.45, 2.75) is 75.8 Å². The second kappa shape index (κ2) is 12.7. The minimum Gasteiger partial charge on any atom is -0.508 e. The molecule has 11 nitrogen and oxygen atoms in total. The van der Waals surface area contributed by atoms with Crippen molar-refractivity contribution in [1.29, 1.82) is 0 Å². The van der Waals surface area contributed by atoms with E-state index in [1.165, 1.54) is 30.5 Å². The molecule has 2 bridgehead atoms. The SMILES string of the molecule is C#Cc1c(F)ccc2cc(O)cc(-c3ncc4c(N5C[C@H]6CC[C@@H](C5)N6C(=O)[C@H]5OC(=O)[C@H]5C(C)C)nc(OC[C@@]56CCCN5C[C@H](F)C6)nc4c3F)c12. The number of alkyl halides is 1. The molecule has 7 heterocycles. The van der Waals surface area contributed by atoms with Crippen molar-refractivity contribution in [3.63, 3.8) is 0 Å². The van der Waals surface area contributed by atoms with Gasteiger partial charge in [-0.2, -0.15) is 9.97 Å². The quantitative estimate of drug-likeness (QED) is 0.202. The molecule has 4 aromatic rings. The van der Waals surface area contributed by atoms with Crippen LogP contribution in [0.5, 0.6) is 11.8 Å². The largest absolute Gasteiger partial charge is 0.508 e. The number of carbonyl (C=O) groups is 2. The number of esters is 1. The van der Waals surface area contributed by atoms with E-state index in [0.29, 0.717) is 37.3 Å². The van der Waals surface area contributed by atoms with Crippen LogP contribution in [0.1, 0.15) is 51.5 Å². The molecule has 5 fully saturated rings. The van der Waals surface area contributed by atoms with Gasteiger partial charge >= 0.3 is 12.0 Å². The Bertz CT molecular complexity index is 2270. The normalized spacial score (nSPS) is 27.7. The van der Waals surface area contributed by atoms with E-state index in [1.54, 1.807) is 0 Å². The van der Waals surface area contributed by atoms with Crippen LogP contribution < -0.4 is 9.64 Å². The van der Waals surface area contributed by atoms with Gasteiger partial charge in [0.2, 0.25) is 0 Å². The van der Waals surface area contributed by atoms with Crippen LogP contribution >= 0.6 is 0 Å². The van der Waals surface area contributed by atoms with E-state index in [0.717, 1.165) is 32.2 Å².